The average Bonchev–Trinajstić information content (AvgIpc) is 2.12. The van der Waals surface area contributed by atoms with Crippen LogP contribution in [0.5, 0.6) is 0 Å². The second-order valence-electron chi connectivity index (χ2n) is 3.63. The summed E-state index contributed by atoms with van der Waals surface area (Å²) in [6.07, 6.45) is 0.353. The molecule has 5 heteroatoms. The van der Waals surface area contributed by atoms with Gasteiger partial charge in [-0.05, 0) is 5.92 Å². The molecule has 0 saturated carbocycles. The highest BCUT2D eigenvalue weighted by Gasteiger charge is 2.03. The lowest BCUT2D eigenvalue weighted by molar-refractivity contribution is -0.122. The Balaban J connectivity index is 3.43. The van der Waals surface area contributed by atoms with Crippen LogP contribution in [0.1, 0.15) is 26.7 Å². The predicted octanol–water partition coefficient (Wildman–Crippen LogP) is 0.179. The van der Waals surface area contributed by atoms with E-state index in [0.717, 1.165) is 0 Å². The summed E-state index contributed by atoms with van der Waals surface area (Å²) in [6, 6.07) is 1.74. The van der Waals surface area contributed by atoms with E-state index in [1.165, 1.54) is 0 Å². The normalized spacial score (nSPS) is 9.47. The van der Waals surface area contributed by atoms with E-state index in [-0.39, 0.29) is 18.2 Å². The van der Waals surface area contributed by atoms with Gasteiger partial charge >= 0.3 is 0 Å². The van der Waals surface area contributed by atoms with Crippen LogP contribution < -0.4 is 10.6 Å². The fourth-order valence-corrected chi connectivity index (χ4v) is 0.981. The summed E-state index contributed by atoms with van der Waals surface area (Å²) >= 11 is 0. The van der Waals surface area contributed by atoms with Crippen molar-refractivity contribution in [2.24, 2.45) is 5.92 Å². The van der Waals surface area contributed by atoms with E-state index in [2.05, 4.69) is 10.6 Å². The largest absolute Gasteiger partial charge is 0.354 e. The molecule has 0 radical (unpaired) electrons. The molecule has 2 N–H and O–H groups in total. The van der Waals surface area contributed by atoms with Crippen molar-refractivity contribution in [1.29, 1.82) is 5.26 Å². The van der Waals surface area contributed by atoms with E-state index in [1.54, 1.807) is 6.07 Å². The Hall–Kier alpha value is -1.57. The summed E-state index contributed by atoms with van der Waals surface area (Å²) < 4.78 is 0. The summed E-state index contributed by atoms with van der Waals surface area (Å²) in [5, 5.41) is 13.4. The van der Waals surface area contributed by atoms with Gasteiger partial charge in [-0.3, -0.25) is 9.59 Å². The zero-order valence-corrected chi connectivity index (χ0v) is 9.17. The number of nitrogens with zero attached hydrogens (tertiary/aromatic N) is 1. The zero-order valence-electron chi connectivity index (χ0n) is 9.17. The van der Waals surface area contributed by atoms with Gasteiger partial charge in [-0.25, -0.2) is 0 Å². The third-order valence-electron chi connectivity index (χ3n) is 1.60. The third-order valence-corrected chi connectivity index (χ3v) is 1.60. The Morgan fingerprint density at radius 3 is 2.20 bits per heavy atom. The number of rotatable bonds is 6. The van der Waals surface area contributed by atoms with E-state index in [9.17, 15) is 9.59 Å². The lowest BCUT2D eigenvalue weighted by atomic mass is 10.1. The smallest absolute Gasteiger partial charge is 0.234 e. The van der Waals surface area contributed by atoms with E-state index in [1.807, 2.05) is 13.8 Å². The molecular weight excluding hydrogens is 194 g/mol. The molecule has 84 valence electrons. The van der Waals surface area contributed by atoms with E-state index < -0.39 is 0 Å². The molecule has 0 heterocycles. The quantitative estimate of drug-likeness (QED) is 0.615. The fourth-order valence-electron chi connectivity index (χ4n) is 0.981. The number of hydrogen-bond acceptors (Lipinski definition) is 3. The summed E-state index contributed by atoms with van der Waals surface area (Å²) in [5.41, 5.74) is 0. The molecule has 0 bridgehead atoms. The Kier molecular flexibility index (Phi) is 6.98. The van der Waals surface area contributed by atoms with Crippen LogP contribution in [-0.2, 0) is 9.59 Å². The molecule has 0 aliphatic rings. The number of carbonyl (C=O) groups excluding carboxylic acids is 2. The van der Waals surface area contributed by atoms with Gasteiger partial charge in [-0.2, -0.15) is 5.26 Å². The highest BCUT2D eigenvalue weighted by atomic mass is 16.2. The molecule has 0 aromatic rings. The first kappa shape index (κ1) is 13.4. The monoisotopic (exact) mass is 211 g/mol. The van der Waals surface area contributed by atoms with E-state index in [4.69, 9.17) is 5.26 Å². The third kappa shape index (κ3) is 8.75. The fraction of sp³-hybridized carbons (Fsp3) is 0.700. The summed E-state index contributed by atoms with van der Waals surface area (Å²) in [4.78, 5) is 22.0. The van der Waals surface area contributed by atoms with Crippen molar-refractivity contribution < 1.29 is 9.59 Å². The second kappa shape index (κ2) is 7.80. The molecule has 0 spiro atoms. The lowest BCUT2D eigenvalue weighted by Gasteiger charge is -2.07. The number of hydrogen-bond donors (Lipinski definition) is 2. The SMILES string of the molecule is CC(C)CC(=O)NCCNC(=O)CC#N. The minimum absolute atomic E-state index is 0.0143. The average molecular weight is 211 g/mol. The van der Waals surface area contributed by atoms with Gasteiger partial charge < -0.3 is 10.6 Å². The highest BCUT2D eigenvalue weighted by Crippen LogP contribution is 1.97. The van der Waals surface area contributed by atoms with Gasteiger partial charge in [0.15, 0.2) is 0 Å². The summed E-state index contributed by atoms with van der Waals surface area (Å²) in [7, 11) is 0. The molecule has 0 aliphatic heterocycles. The first-order chi connectivity index (χ1) is 7.06. The molecule has 0 aromatic carbocycles. The topological polar surface area (TPSA) is 82.0 Å². The Morgan fingerprint density at radius 1 is 1.20 bits per heavy atom. The highest BCUT2D eigenvalue weighted by molar-refractivity contribution is 5.78. The molecule has 0 atom stereocenters. The van der Waals surface area contributed by atoms with Crippen LogP contribution in [-0.4, -0.2) is 24.9 Å². The Bertz CT molecular complexity index is 256. The molecule has 5 nitrogen and oxygen atoms in total. The number of amides is 2. The standard InChI is InChI=1S/C10H17N3O2/c1-8(2)7-10(15)13-6-5-12-9(14)3-4-11/h8H,3,5-7H2,1-2H3,(H,12,14)(H,13,15). The van der Waals surface area contributed by atoms with Gasteiger partial charge in [-0.15, -0.1) is 0 Å². The minimum atomic E-state index is -0.310. The zero-order chi connectivity index (χ0) is 11.7. The van der Waals surface area contributed by atoms with Gasteiger partial charge in [0.1, 0.15) is 6.42 Å². The van der Waals surface area contributed by atoms with Crippen LogP contribution in [0.15, 0.2) is 0 Å². The van der Waals surface area contributed by atoms with Crippen LogP contribution >= 0.6 is 0 Å². The van der Waals surface area contributed by atoms with Crippen LogP contribution in [0, 0.1) is 17.2 Å². The first-order valence-electron chi connectivity index (χ1n) is 4.96. The molecule has 15 heavy (non-hydrogen) atoms. The maximum Gasteiger partial charge on any atom is 0.234 e. The number of nitrogens with one attached hydrogen (secondary N) is 2. The maximum atomic E-state index is 11.1. The predicted molar refractivity (Wildman–Crippen MR) is 55.7 cm³/mol. The van der Waals surface area contributed by atoms with Crippen molar-refractivity contribution in [2.45, 2.75) is 26.7 Å². The molecule has 0 aromatic heterocycles. The van der Waals surface area contributed by atoms with Gasteiger partial charge in [0.05, 0.1) is 6.07 Å². The van der Waals surface area contributed by atoms with Crippen molar-refractivity contribution >= 4 is 11.8 Å². The van der Waals surface area contributed by atoms with Gasteiger partial charge in [0, 0.05) is 19.5 Å². The van der Waals surface area contributed by atoms with Crippen molar-refractivity contribution in [3.05, 3.63) is 0 Å². The van der Waals surface area contributed by atoms with E-state index >= 15 is 0 Å². The van der Waals surface area contributed by atoms with Crippen molar-refractivity contribution in [3.63, 3.8) is 0 Å². The molecule has 0 fully saturated rings. The van der Waals surface area contributed by atoms with Crippen molar-refractivity contribution in [1.82, 2.24) is 10.6 Å². The molecule has 0 aliphatic carbocycles. The second-order valence-corrected chi connectivity index (χ2v) is 3.63. The van der Waals surface area contributed by atoms with Crippen LogP contribution in [0.2, 0.25) is 0 Å². The Labute approximate surface area is 89.8 Å². The summed E-state index contributed by atoms with van der Waals surface area (Å²) in [5.74, 6) is 0.00770. The van der Waals surface area contributed by atoms with Gasteiger partial charge in [-0.1, -0.05) is 13.8 Å². The van der Waals surface area contributed by atoms with Crippen LogP contribution in [0.25, 0.3) is 0 Å². The molecule has 0 rings (SSSR count). The van der Waals surface area contributed by atoms with Crippen LogP contribution in [0.3, 0.4) is 0 Å². The molecular formula is C10H17N3O2. The number of carbonyl (C=O) groups is 2. The maximum absolute atomic E-state index is 11.1. The molecule has 0 unspecified atom stereocenters. The Morgan fingerprint density at radius 2 is 1.73 bits per heavy atom. The van der Waals surface area contributed by atoms with Crippen molar-refractivity contribution in [3.8, 4) is 6.07 Å². The van der Waals surface area contributed by atoms with Gasteiger partial charge in [0.2, 0.25) is 11.8 Å². The minimum Gasteiger partial charge on any atom is -0.354 e. The van der Waals surface area contributed by atoms with E-state index in [0.29, 0.717) is 25.4 Å². The van der Waals surface area contributed by atoms with Crippen molar-refractivity contribution in [2.75, 3.05) is 13.1 Å². The van der Waals surface area contributed by atoms with Gasteiger partial charge in [0.25, 0.3) is 0 Å². The van der Waals surface area contributed by atoms with Crippen LogP contribution in [0.4, 0.5) is 0 Å². The first-order valence-corrected chi connectivity index (χ1v) is 4.96. The number of nitriles is 1. The summed E-state index contributed by atoms with van der Waals surface area (Å²) in [6.45, 7) is 4.70. The lowest BCUT2D eigenvalue weighted by Crippen LogP contribution is -2.34. The molecule has 0 saturated heterocycles. The molecule has 2 amide bonds.